The standard InChI is InChI=1S/C13H13N3/c1-16(2)12(9-14)11-7-3-5-10-6-4-8-15-13(10)11/h3-8,12H,1-2H3. The number of nitrogens with zero attached hydrogens (tertiary/aromatic N) is 3. The van der Waals surface area contributed by atoms with Gasteiger partial charge in [-0.05, 0) is 20.2 Å². The number of rotatable bonds is 2. The van der Waals surface area contributed by atoms with Gasteiger partial charge in [-0.3, -0.25) is 9.88 Å². The number of hydrogen-bond acceptors (Lipinski definition) is 3. The van der Waals surface area contributed by atoms with Crippen molar-refractivity contribution in [3.05, 3.63) is 42.1 Å². The fourth-order valence-corrected chi connectivity index (χ4v) is 1.81. The smallest absolute Gasteiger partial charge is 0.125 e. The van der Waals surface area contributed by atoms with E-state index in [2.05, 4.69) is 11.1 Å². The van der Waals surface area contributed by atoms with Gasteiger partial charge < -0.3 is 0 Å². The molecular formula is C13H13N3. The molecule has 0 amide bonds. The third-order valence-corrected chi connectivity index (χ3v) is 2.60. The molecule has 3 heteroatoms. The second-order valence-corrected chi connectivity index (χ2v) is 3.92. The Labute approximate surface area is 94.9 Å². The highest BCUT2D eigenvalue weighted by molar-refractivity contribution is 5.82. The Morgan fingerprint density at radius 1 is 1.25 bits per heavy atom. The molecule has 0 spiro atoms. The number of hydrogen-bond donors (Lipinski definition) is 0. The third kappa shape index (κ3) is 1.75. The molecule has 0 aliphatic rings. The van der Waals surface area contributed by atoms with Crippen molar-refractivity contribution in [2.24, 2.45) is 0 Å². The van der Waals surface area contributed by atoms with Crippen molar-refractivity contribution in [3.8, 4) is 6.07 Å². The molecule has 0 fully saturated rings. The number of nitriles is 1. The summed E-state index contributed by atoms with van der Waals surface area (Å²) in [6.45, 7) is 0. The lowest BCUT2D eigenvalue weighted by Crippen LogP contribution is -2.18. The normalized spacial score (nSPS) is 12.6. The SMILES string of the molecule is CN(C)C(C#N)c1cccc2cccnc12. The summed E-state index contributed by atoms with van der Waals surface area (Å²) in [4.78, 5) is 6.25. The molecule has 3 nitrogen and oxygen atoms in total. The molecule has 0 saturated carbocycles. The Kier molecular flexibility index (Phi) is 2.84. The Hall–Kier alpha value is -1.92. The van der Waals surface area contributed by atoms with Crippen molar-refractivity contribution >= 4 is 10.9 Å². The van der Waals surface area contributed by atoms with Gasteiger partial charge in [-0.25, -0.2) is 0 Å². The Morgan fingerprint density at radius 3 is 2.69 bits per heavy atom. The van der Waals surface area contributed by atoms with Gasteiger partial charge in [-0.15, -0.1) is 0 Å². The van der Waals surface area contributed by atoms with Gasteiger partial charge in [0.2, 0.25) is 0 Å². The summed E-state index contributed by atoms with van der Waals surface area (Å²) in [5.74, 6) is 0. The molecule has 1 atom stereocenters. The summed E-state index contributed by atoms with van der Waals surface area (Å²) >= 11 is 0. The predicted molar refractivity (Wildman–Crippen MR) is 63.8 cm³/mol. The minimum Gasteiger partial charge on any atom is -0.290 e. The zero-order valence-electron chi connectivity index (χ0n) is 9.38. The van der Waals surface area contributed by atoms with E-state index in [1.54, 1.807) is 6.20 Å². The minimum atomic E-state index is -0.251. The summed E-state index contributed by atoms with van der Waals surface area (Å²) in [6.07, 6.45) is 1.76. The molecule has 0 saturated heterocycles. The van der Waals surface area contributed by atoms with Gasteiger partial charge in [0.1, 0.15) is 6.04 Å². The molecule has 1 aromatic carbocycles. The molecule has 1 unspecified atom stereocenters. The van der Waals surface area contributed by atoms with Crippen LogP contribution in [0.2, 0.25) is 0 Å². The van der Waals surface area contributed by atoms with Crippen molar-refractivity contribution in [1.29, 1.82) is 5.26 Å². The molecule has 0 bridgehead atoms. The molecule has 0 radical (unpaired) electrons. The lowest BCUT2D eigenvalue weighted by molar-refractivity contribution is 0.359. The van der Waals surface area contributed by atoms with Gasteiger partial charge in [0, 0.05) is 17.1 Å². The molecule has 1 heterocycles. The van der Waals surface area contributed by atoms with Gasteiger partial charge in [-0.2, -0.15) is 5.26 Å². The molecule has 0 aliphatic carbocycles. The van der Waals surface area contributed by atoms with E-state index in [0.29, 0.717) is 0 Å². The quantitative estimate of drug-likeness (QED) is 0.765. The Bertz CT molecular complexity index is 535. The fraction of sp³-hybridized carbons (Fsp3) is 0.231. The first-order valence-corrected chi connectivity index (χ1v) is 5.13. The first kappa shape index (κ1) is 10.6. The van der Waals surface area contributed by atoms with Crippen LogP contribution in [0.25, 0.3) is 10.9 Å². The minimum absolute atomic E-state index is 0.251. The molecule has 1 aromatic heterocycles. The highest BCUT2D eigenvalue weighted by atomic mass is 15.1. The zero-order valence-corrected chi connectivity index (χ0v) is 9.38. The average Bonchev–Trinajstić information content (AvgIpc) is 2.30. The zero-order chi connectivity index (χ0) is 11.5. The van der Waals surface area contributed by atoms with Crippen LogP contribution in [0.1, 0.15) is 11.6 Å². The first-order valence-electron chi connectivity index (χ1n) is 5.13. The highest BCUT2D eigenvalue weighted by Gasteiger charge is 2.15. The Balaban J connectivity index is 2.65. The van der Waals surface area contributed by atoms with Crippen LogP contribution in [0.15, 0.2) is 36.5 Å². The number of aromatic nitrogens is 1. The van der Waals surface area contributed by atoms with Crippen molar-refractivity contribution in [3.63, 3.8) is 0 Å². The van der Waals surface area contributed by atoms with Crippen LogP contribution in [0.5, 0.6) is 0 Å². The van der Waals surface area contributed by atoms with Gasteiger partial charge in [0.05, 0.1) is 11.6 Å². The van der Waals surface area contributed by atoms with Crippen LogP contribution in [0, 0.1) is 11.3 Å². The van der Waals surface area contributed by atoms with E-state index in [1.165, 1.54) is 0 Å². The highest BCUT2D eigenvalue weighted by Crippen LogP contribution is 2.24. The van der Waals surface area contributed by atoms with E-state index < -0.39 is 0 Å². The summed E-state index contributed by atoms with van der Waals surface area (Å²) in [5.41, 5.74) is 1.87. The van der Waals surface area contributed by atoms with Crippen LogP contribution in [-0.4, -0.2) is 24.0 Å². The number of benzene rings is 1. The first-order chi connectivity index (χ1) is 7.74. The summed E-state index contributed by atoms with van der Waals surface area (Å²) in [6, 6.07) is 11.9. The van der Waals surface area contributed by atoms with Crippen LogP contribution in [0.4, 0.5) is 0 Å². The van der Waals surface area contributed by atoms with Crippen molar-refractivity contribution in [2.45, 2.75) is 6.04 Å². The summed E-state index contributed by atoms with van der Waals surface area (Å²) < 4.78 is 0. The summed E-state index contributed by atoms with van der Waals surface area (Å²) in [7, 11) is 3.80. The van der Waals surface area contributed by atoms with Crippen LogP contribution >= 0.6 is 0 Å². The van der Waals surface area contributed by atoms with Crippen LogP contribution in [-0.2, 0) is 0 Å². The maximum absolute atomic E-state index is 9.19. The topological polar surface area (TPSA) is 39.9 Å². The maximum atomic E-state index is 9.19. The van der Waals surface area contributed by atoms with E-state index in [9.17, 15) is 5.26 Å². The summed E-state index contributed by atoms with van der Waals surface area (Å²) in [5, 5.41) is 10.3. The Morgan fingerprint density at radius 2 is 2.00 bits per heavy atom. The van der Waals surface area contributed by atoms with Crippen molar-refractivity contribution < 1.29 is 0 Å². The van der Waals surface area contributed by atoms with Crippen LogP contribution < -0.4 is 0 Å². The molecule has 2 aromatic rings. The monoisotopic (exact) mass is 211 g/mol. The van der Waals surface area contributed by atoms with E-state index in [-0.39, 0.29) is 6.04 Å². The second-order valence-electron chi connectivity index (χ2n) is 3.92. The van der Waals surface area contributed by atoms with E-state index in [0.717, 1.165) is 16.5 Å². The molecule has 2 rings (SSSR count). The van der Waals surface area contributed by atoms with Gasteiger partial charge in [0.15, 0.2) is 0 Å². The van der Waals surface area contributed by atoms with Crippen molar-refractivity contribution in [2.75, 3.05) is 14.1 Å². The van der Waals surface area contributed by atoms with Gasteiger partial charge >= 0.3 is 0 Å². The van der Waals surface area contributed by atoms with E-state index >= 15 is 0 Å². The van der Waals surface area contributed by atoms with Gasteiger partial charge in [-0.1, -0.05) is 24.3 Å². The molecule has 16 heavy (non-hydrogen) atoms. The molecule has 80 valence electrons. The van der Waals surface area contributed by atoms with Crippen molar-refractivity contribution in [1.82, 2.24) is 9.88 Å². The maximum Gasteiger partial charge on any atom is 0.125 e. The molecular weight excluding hydrogens is 198 g/mol. The van der Waals surface area contributed by atoms with Gasteiger partial charge in [0.25, 0.3) is 0 Å². The molecule has 0 aliphatic heterocycles. The van der Waals surface area contributed by atoms with E-state index in [4.69, 9.17) is 0 Å². The largest absolute Gasteiger partial charge is 0.290 e. The lowest BCUT2D eigenvalue weighted by atomic mass is 10.0. The average molecular weight is 211 g/mol. The fourth-order valence-electron chi connectivity index (χ4n) is 1.81. The number of pyridine rings is 1. The third-order valence-electron chi connectivity index (χ3n) is 2.60. The second kappa shape index (κ2) is 4.30. The number of para-hydroxylation sites is 1. The molecule has 0 N–H and O–H groups in total. The lowest BCUT2D eigenvalue weighted by Gasteiger charge is -2.18. The predicted octanol–water partition coefficient (Wildman–Crippen LogP) is 2.36. The van der Waals surface area contributed by atoms with Crippen LogP contribution in [0.3, 0.4) is 0 Å². The van der Waals surface area contributed by atoms with E-state index in [1.807, 2.05) is 49.3 Å². The number of fused-ring (bicyclic) bond motifs is 1.